The molecular weight excluding hydrogens is 297 g/mol. The highest BCUT2D eigenvalue weighted by Gasteiger charge is 2.19. The second kappa shape index (κ2) is 9.19. The SMILES string of the molecule is CN(C)Cc1cccc(C(=O)NC(C)(C)CN)c1.Cl.Cl. The van der Waals surface area contributed by atoms with Gasteiger partial charge >= 0.3 is 0 Å². The number of carbonyl (C=O) groups excluding carboxylic acids is 1. The van der Waals surface area contributed by atoms with Gasteiger partial charge in [0.1, 0.15) is 0 Å². The van der Waals surface area contributed by atoms with Crippen LogP contribution in [0.2, 0.25) is 0 Å². The van der Waals surface area contributed by atoms with E-state index in [0.29, 0.717) is 12.1 Å². The molecule has 1 amide bonds. The summed E-state index contributed by atoms with van der Waals surface area (Å²) in [5, 5.41) is 2.93. The molecule has 0 saturated heterocycles. The van der Waals surface area contributed by atoms with Crippen LogP contribution in [0.25, 0.3) is 0 Å². The lowest BCUT2D eigenvalue weighted by atomic mass is 10.0. The molecule has 1 aromatic carbocycles. The Morgan fingerprint density at radius 2 is 1.90 bits per heavy atom. The zero-order valence-electron chi connectivity index (χ0n) is 12.5. The molecule has 0 heterocycles. The number of nitrogens with two attached hydrogens (primary N) is 1. The van der Waals surface area contributed by atoms with E-state index in [1.165, 1.54) is 0 Å². The highest BCUT2D eigenvalue weighted by molar-refractivity contribution is 5.94. The van der Waals surface area contributed by atoms with E-state index in [9.17, 15) is 4.79 Å². The van der Waals surface area contributed by atoms with Crippen molar-refractivity contribution in [1.82, 2.24) is 10.2 Å². The molecule has 0 aliphatic rings. The zero-order chi connectivity index (χ0) is 13.8. The monoisotopic (exact) mass is 321 g/mol. The topological polar surface area (TPSA) is 58.4 Å². The summed E-state index contributed by atoms with van der Waals surface area (Å²) in [6.45, 7) is 5.06. The van der Waals surface area contributed by atoms with Crippen LogP contribution in [0.3, 0.4) is 0 Å². The molecule has 6 heteroatoms. The Morgan fingerprint density at radius 1 is 1.30 bits per heavy atom. The van der Waals surface area contributed by atoms with Gasteiger partial charge in [-0.25, -0.2) is 0 Å². The Kier molecular flexibility index (Phi) is 9.87. The summed E-state index contributed by atoms with van der Waals surface area (Å²) >= 11 is 0. The van der Waals surface area contributed by atoms with Crippen molar-refractivity contribution in [2.75, 3.05) is 20.6 Å². The summed E-state index contributed by atoms with van der Waals surface area (Å²) in [7, 11) is 4.01. The number of halogens is 2. The lowest BCUT2D eigenvalue weighted by Gasteiger charge is -2.24. The smallest absolute Gasteiger partial charge is 0.251 e. The molecule has 0 atom stereocenters. The molecule has 0 fully saturated rings. The molecule has 0 saturated carbocycles. The molecule has 4 nitrogen and oxygen atoms in total. The summed E-state index contributed by atoms with van der Waals surface area (Å²) in [6, 6.07) is 7.66. The van der Waals surface area contributed by atoms with Crippen LogP contribution in [-0.2, 0) is 6.54 Å². The van der Waals surface area contributed by atoms with E-state index in [4.69, 9.17) is 5.73 Å². The average molecular weight is 322 g/mol. The summed E-state index contributed by atoms with van der Waals surface area (Å²) in [4.78, 5) is 14.1. The molecule has 3 N–H and O–H groups in total. The fourth-order valence-corrected chi connectivity index (χ4v) is 1.61. The van der Waals surface area contributed by atoms with Crippen molar-refractivity contribution in [2.24, 2.45) is 5.73 Å². The molecule has 0 bridgehead atoms. The Bertz CT molecular complexity index is 423. The molecule has 0 aliphatic heterocycles. The van der Waals surface area contributed by atoms with Crippen molar-refractivity contribution in [3.05, 3.63) is 35.4 Å². The van der Waals surface area contributed by atoms with Gasteiger partial charge in [0, 0.05) is 24.2 Å². The second-order valence-electron chi connectivity index (χ2n) is 5.48. The number of nitrogens with zero attached hydrogens (tertiary/aromatic N) is 1. The molecule has 0 aromatic heterocycles. The number of carbonyl (C=O) groups is 1. The number of rotatable bonds is 5. The third-order valence-corrected chi connectivity index (χ3v) is 2.65. The largest absolute Gasteiger partial charge is 0.346 e. The summed E-state index contributed by atoms with van der Waals surface area (Å²) in [5.41, 5.74) is 7.03. The van der Waals surface area contributed by atoms with Crippen molar-refractivity contribution in [3.8, 4) is 0 Å². The van der Waals surface area contributed by atoms with Crippen LogP contribution >= 0.6 is 24.8 Å². The van der Waals surface area contributed by atoms with Gasteiger partial charge in [0.15, 0.2) is 0 Å². The molecular formula is C14H25Cl2N3O. The Labute approximate surface area is 133 Å². The molecule has 0 radical (unpaired) electrons. The third kappa shape index (κ3) is 7.10. The molecule has 1 aromatic rings. The van der Waals surface area contributed by atoms with Gasteiger partial charge in [-0.05, 0) is 45.6 Å². The maximum Gasteiger partial charge on any atom is 0.251 e. The van der Waals surface area contributed by atoms with Gasteiger partial charge in [0.05, 0.1) is 0 Å². The van der Waals surface area contributed by atoms with Gasteiger partial charge in [0.2, 0.25) is 0 Å². The summed E-state index contributed by atoms with van der Waals surface area (Å²) in [5.74, 6) is -0.0777. The van der Waals surface area contributed by atoms with Crippen LogP contribution < -0.4 is 11.1 Å². The Balaban J connectivity index is 0. The maximum atomic E-state index is 12.1. The first-order valence-corrected chi connectivity index (χ1v) is 6.10. The van der Waals surface area contributed by atoms with Gasteiger partial charge in [-0.15, -0.1) is 24.8 Å². The zero-order valence-corrected chi connectivity index (χ0v) is 14.1. The van der Waals surface area contributed by atoms with E-state index in [1.807, 2.05) is 52.2 Å². The predicted molar refractivity (Wildman–Crippen MR) is 88.9 cm³/mol. The lowest BCUT2D eigenvalue weighted by Crippen LogP contribution is -2.48. The maximum absolute atomic E-state index is 12.1. The van der Waals surface area contributed by atoms with Crippen LogP contribution in [0.4, 0.5) is 0 Å². The lowest BCUT2D eigenvalue weighted by molar-refractivity contribution is 0.0915. The number of amides is 1. The van der Waals surface area contributed by atoms with Crippen LogP contribution in [0.5, 0.6) is 0 Å². The van der Waals surface area contributed by atoms with Crippen molar-refractivity contribution in [1.29, 1.82) is 0 Å². The van der Waals surface area contributed by atoms with E-state index >= 15 is 0 Å². The van der Waals surface area contributed by atoms with Crippen LogP contribution in [0.15, 0.2) is 24.3 Å². The first kappa shape index (κ1) is 21.5. The van der Waals surface area contributed by atoms with Crippen molar-refractivity contribution in [3.63, 3.8) is 0 Å². The predicted octanol–water partition coefficient (Wildman–Crippen LogP) is 2.06. The summed E-state index contributed by atoms with van der Waals surface area (Å²) in [6.07, 6.45) is 0. The molecule has 1 rings (SSSR count). The molecule has 0 aliphatic carbocycles. The van der Waals surface area contributed by atoms with E-state index in [0.717, 1.165) is 12.1 Å². The normalized spacial score (nSPS) is 10.5. The number of nitrogens with one attached hydrogen (secondary N) is 1. The van der Waals surface area contributed by atoms with Gasteiger partial charge < -0.3 is 16.0 Å². The van der Waals surface area contributed by atoms with Gasteiger partial charge in [-0.3, -0.25) is 4.79 Å². The second-order valence-corrected chi connectivity index (χ2v) is 5.48. The van der Waals surface area contributed by atoms with Crippen LogP contribution in [-0.4, -0.2) is 37.0 Å². The number of benzene rings is 1. The van der Waals surface area contributed by atoms with Gasteiger partial charge in [-0.1, -0.05) is 12.1 Å². The van der Waals surface area contributed by atoms with Crippen molar-refractivity contribution < 1.29 is 4.79 Å². The fraction of sp³-hybridized carbons (Fsp3) is 0.500. The number of hydrogen-bond donors (Lipinski definition) is 2. The highest BCUT2D eigenvalue weighted by Crippen LogP contribution is 2.09. The van der Waals surface area contributed by atoms with Crippen molar-refractivity contribution in [2.45, 2.75) is 25.9 Å². The van der Waals surface area contributed by atoms with E-state index in [-0.39, 0.29) is 36.3 Å². The fourth-order valence-electron chi connectivity index (χ4n) is 1.61. The van der Waals surface area contributed by atoms with Crippen molar-refractivity contribution >= 4 is 30.7 Å². The molecule has 0 unspecified atom stereocenters. The van der Waals surface area contributed by atoms with Gasteiger partial charge in [-0.2, -0.15) is 0 Å². The van der Waals surface area contributed by atoms with E-state index < -0.39 is 0 Å². The minimum absolute atomic E-state index is 0. The highest BCUT2D eigenvalue weighted by atomic mass is 35.5. The molecule has 116 valence electrons. The molecule has 20 heavy (non-hydrogen) atoms. The minimum atomic E-state index is -0.380. The first-order chi connectivity index (χ1) is 8.34. The van der Waals surface area contributed by atoms with E-state index in [2.05, 4.69) is 10.2 Å². The first-order valence-electron chi connectivity index (χ1n) is 6.10. The Morgan fingerprint density at radius 3 is 2.40 bits per heavy atom. The number of hydrogen-bond acceptors (Lipinski definition) is 3. The quantitative estimate of drug-likeness (QED) is 0.872. The molecule has 0 spiro atoms. The van der Waals surface area contributed by atoms with Crippen LogP contribution in [0, 0.1) is 0 Å². The van der Waals surface area contributed by atoms with E-state index in [1.54, 1.807) is 0 Å². The Hall–Kier alpha value is -0.810. The standard InChI is InChI=1S/C14H23N3O.2ClH/c1-14(2,10-15)16-13(18)12-7-5-6-11(8-12)9-17(3)4;;/h5-8H,9-10,15H2,1-4H3,(H,16,18);2*1H. The average Bonchev–Trinajstić information content (AvgIpc) is 2.28. The summed E-state index contributed by atoms with van der Waals surface area (Å²) < 4.78 is 0. The van der Waals surface area contributed by atoms with Crippen LogP contribution in [0.1, 0.15) is 29.8 Å². The van der Waals surface area contributed by atoms with Gasteiger partial charge in [0.25, 0.3) is 5.91 Å². The minimum Gasteiger partial charge on any atom is -0.346 e. The third-order valence-electron chi connectivity index (χ3n) is 2.65.